The van der Waals surface area contributed by atoms with Gasteiger partial charge in [-0.15, -0.1) is 10.2 Å². The first kappa shape index (κ1) is 15.0. The van der Waals surface area contributed by atoms with Crippen LogP contribution in [0, 0.1) is 5.82 Å². The highest BCUT2D eigenvalue weighted by atomic mass is 32.2. The zero-order valence-electron chi connectivity index (χ0n) is 11.2. The van der Waals surface area contributed by atoms with Gasteiger partial charge in [0.25, 0.3) is 0 Å². The fraction of sp³-hybridized carbons (Fsp3) is 0.385. The van der Waals surface area contributed by atoms with Crippen LogP contribution in [0.25, 0.3) is 5.69 Å². The van der Waals surface area contributed by atoms with E-state index in [2.05, 4.69) is 10.2 Å². The summed E-state index contributed by atoms with van der Waals surface area (Å²) in [6.07, 6.45) is 0.149. The Bertz CT molecular complexity index is 556. The third kappa shape index (κ3) is 3.56. The Hall–Kier alpha value is -1.44. The van der Waals surface area contributed by atoms with Crippen molar-refractivity contribution in [3.05, 3.63) is 35.9 Å². The van der Waals surface area contributed by atoms with E-state index in [0.29, 0.717) is 23.9 Å². The molecule has 1 aromatic heterocycles. The lowest BCUT2D eigenvalue weighted by Gasteiger charge is -2.10. The van der Waals surface area contributed by atoms with Gasteiger partial charge in [-0.25, -0.2) is 4.39 Å². The second kappa shape index (κ2) is 6.83. The molecular formula is C13H17FN4OS. The predicted molar refractivity (Wildman–Crippen MR) is 76.5 cm³/mol. The zero-order chi connectivity index (χ0) is 14.5. The number of benzene rings is 1. The van der Waals surface area contributed by atoms with Gasteiger partial charge in [-0.3, -0.25) is 4.57 Å². The second-order valence-corrected chi connectivity index (χ2v) is 5.40. The highest BCUT2D eigenvalue weighted by Gasteiger charge is 2.14. The van der Waals surface area contributed by atoms with E-state index in [9.17, 15) is 9.50 Å². The number of rotatable bonds is 6. The summed E-state index contributed by atoms with van der Waals surface area (Å²) in [4.78, 5) is 0. The molecule has 0 saturated carbocycles. The number of thioether (sulfide) groups is 1. The molecule has 1 heterocycles. The molecule has 0 spiro atoms. The van der Waals surface area contributed by atoms with Crippen molar-refractivity contribution in [2.75, 3.05) is 12.3 Å². The van der Waals surface area contributed by atoms with Crippen molar-refractivity contribution in [1.82, 2.24) is 14.8 Å². The Balaban J connectivity index is 2.35. The molecule has 0 aliphatic carbocycles. The number of nitrogens with two attached hydrogens (primary N) is 1. The number of aromatic nitrogens is 3. The SMILES string of the molecule is CC(O)CSc1nnc(CCN)n1-c1ccc(F)cc1. The van der Waals surface area contributed by atoms with E-state index in [1.54, 1.807) is 19.1 Å². The van der Waals surface area contributed by atoms with E-state index >= 15 is 0 Å². The fourth-order valence-electron chi connectivity index (χ4n) is 1.73. The van der Waals surface area contributed by atoms with Crippen molar-refractivity contribution in [1.29, 1.82) is 0 Å². The third-order valence-electron chi connectivity index (χ3n) is 2.61. The molecule has 1 aromatic carbocycles. The number of hydrogen-bond acceptors (Lipinski definition) is 5. The average molecular weight is 296 g/mol. The van der Waals surface area contributed by atoms with E-state index in [0.717, 1.165) is 11.5 Å². The molecule has 0 radical (unpaired) electrons. The van der Waals surface area contributed by atoms with Crippen LogP contribution in [-0.2, 0) is 6.42 Å². The van der Waals surface area contributed by atoms with Gasteiger partial charge in [-0.05, 0) is 37.7 Å². The van der Waals surface area contributed by atoms with Gasteiger partial charge in [0.2, 0.25) is 0 Å². The largest absolute Gasteiger partial charge is 0.393 e. The first-order valence-corrected chi connectivity index (χ1v) is 7.31. The Morgan fingerprint density at radius 1 is 1.35 bits per heavy atom. The van der Waals surface area contributed by atoms with Crippen molar-refractivity contribution < 1.29 is 9.50 Å². The van der Waals surface area contributed by atoms with Crippen LogP contribution in [-0.4, -0.2) is 38.3 Å². The molecule has 1 atom stereocenters. The minimum atomic E-state index is -0.434. The third-order valence-corrected chi connectivity index (χ3v) is 3.78. The van der Waals surface area contributed by atoms with Crippen molar-refractivity contribution in [2.45, 2.75) is 24.6 Å². The highest BCUT2D eigenvalue weighted by Crippen LogP contribution is 2.23. The molecule has 7 heteroatoms. The molecule has 2 rings (SSSR count). The van der Waals surface area contributed by atoms with Crippen LogP contribution >= 0.6 is 11.8 Å². The Kier molecular flexibility index (Phi) is 5.11. The maximum atomic E-state index is 13.0. The lowest BCUT2D eigenvalue weighted by Crippen LogP contribution is -2.10. The molecule has 0 saturated heterocycles. The normalized spacial score (nSPS) is 12.6. The number of halogens is 1. The Morgan fingerprint density at radius 2 is 2.05 bits per heavy atom. The number of nitrogens with zero attached hydrogens (tertiary/aromatic N) is 3. The molecule has 0 bridgehead atoms. The van der Waals surface area contributed by atoms with Crippen LogP contribution in [0.3, 0.4) is 0 Å². The summed E-state index contributed by atoms with van der Waals surface area (Å²) >= 11 is 1.41. The molecule has 3 N–H and O–H groups in total. The van der Waals surface area contributed by atoms with Gasteiger partial charge in [-0.1, -0.05) is 11.8 Å². The van der Waals surface area contributed by atoms with Crippen LogP contribution < -0.4 is 5.73 Å². The summed E-state index contributed by atoms with van der Waals surface area (Å²) in [6.45, 7) is 2.17. The maximum absolute atomic E-state index is 13.0. The monoisotopic (exact) mass is 296 g/mol. The summed E-state index contributed by atoms with van der Waals surface area (Å²) < 4.78 is 14.9. The van der Waals surface area contributed by atoms with Gasteiger partial charge < -0.3 is 10.8 Å². The van der Waals surface area contributed by atoms with Crippen LogP contribution in [0.4, 0.5) is 4.39 Å². The first-order valence-electron chi connectivity index (χ1n) is 6.33. The molecule has 108 valence electrons. The zero-order valence-corrected chi connectivity index (χ0v) is 12.0. The van der Waals surface area contributed by atoms with E-state index in [-0.39, 0.29) is 5.82 Å². The van der Waals surface area contributed by atoms with E-state index < -0.39 is 6.10 Å². The van der Waals surface area contributed by atoms with Gasteiger partial charge in [0.05, 0.1) is 6.10 Å². The summed E-state index contributed by atoms with van der Waals surface area (Å²) in [5, 5.41) is 18.3. The van der Waals surface area contributed by atoms with Gasteiger partial charge in [0.15, 0.2) is 5.16 Å². The van der Waals surface area contributed by atoms with Crippen LogP contribution in [0.2, 0.25) is 0 Å². The van der Waals surface area contributed by atoms with Crippen molar-refractivity contribution in [3.8, 4) is 5.69 Å². The molecule has 0 aliphatic heterocycles. The summed E-state index contributed by atoms with van der Waals surface area (Å²) in [7, 11) is 0. The minimum Gasteiger partial charge on any atom is -0.393 e. The van der Waals surface area contributed by atoms with Gasteiger partial charge in [0.1, 0.15) is 11.6 Å². The number of aliphatic hydroxyl groups excluding tert-OH is 1. The predicted octanol–water partition coefficient (Wildman–Crippen LogP) is 1.38. The second-order valence-electron chi connectivity index (χ2n) is 4.41. The molecule has 20 heavy (non-hydrogen) atoms. The highest BCUT2D eigenvalue weighted by molar-refractivity contribution is 7.99. The molecule has 1 unspecified atom stereocenters. The first-order chi connectivity index (χ1) is 9.61. The van der Waals surface area contributed by atoms with E-state index in [4.69, 9.17) is 5.73 Å². The van der Waals surface area contributed by atoms with Gasteiger partial charge in [0, 0.05) is 17.9 Å². The summed E-state index contributed by atoms with van der Waals surface area (Å²) in [5.41, 5.74) is 6.36. The molecule has 0 fully saturated rings. The molecule has 5 nitrogen and oxygen atoms in total. The Labute approximate surface area is 121 Å². The summed E-state index contributed by atoms with van der Waals surface area (Å²) in [6, 6.07) is 6.13. The van der Waals surface area contributed by atoms with Gasteiger partial charge >= 0.3 is 0 Å². The van der Waals surface area contributed by atoms with Gasteiger partial charge in [-0.2, -0.15) is 0 Å². The lowest BCUT2D eigenvalue weighted by atomic mass is 10.3. The number of hydrogen-bond donors (Lipinski definition) is 2. The number of aliphatic hydroxyl groups is 1. The standard InChI is InChI=1S/C13H17FN4OS/c1-9(19)8-20-13-17-16-12(6-7-15)18(13)11-4-2-10(14)3-5-11/h2-5,9,19H,6-8,15H2,1H3. The smallest absolute Gasteiger partial charge is 0.195 e. The van der Waals surface area contributed by atoms with Crippen LogP contribution in [0.5, 0.6) is 0 Å². The molecule has 2 aromatic rings. The van der Waals surface area contributed by atoms with Crippen molar-refractivity contribution in [2.24, 2.45) is 5.73 Å². The summed E-state index contributed by atoms with van der Waals surface area (Å²) in [5.74, 6) is 0.953. The lowest BCUT2D eigenvalue weighted by molar-refractivity contribution is 0.220. The average Bonchev–Trinajstić information content (AvgIpc) is 2.81. The van der Waals surface area contributed by atoms with Crippen molar-refractivity contribution >= 4 is 11.8 Å². The molecule has 0 amide bonds. The molecular weight excluding hydrogens is 279 g/mol. The topological polar surface area (TPSA) is 77.0 Å². The van der Waals surface area contributed by atoms with Crippen molar-refractivity contribution in [3.63, 3.8) is 0 Å². The van der Waals surface area contributed by atoms with Crippen LogP contribution in [0.1, 0.15) is 12.7 Å². The molecule has 0 aliphatic rings. The van der Waals surface area contributed by atoms with E-state index in [1.807, 2.05) is 4.57 Å². The van der Waals surface area contributed by atoms with E-state index in [1.165, 1.54) is 23.9 Å². The minimum absolute atomic E-state index is 0.291. The maximum Gasteiger partial charge on any atom is 0.195 e. The quantitative estimate of drug-likeness (QED) is 0.788. The fourth-order valence-corrected chi connectivity index (χ4v) is 2.56. The Morgan fingerprint density at radius 3 is 2.65 bits per heavy atom. The van der Waals surface area contributed by atoms with Crippen LogP contribution in [0.15, 0.2) is 29.4 Å².